The van der Waals surface area contributed by atoms with Crippen molar-refractivity contribution in [3.63, 3.8) is 0 Å². The molecule has 1 rings (SSSR count). The minimum absolute atomic E-state index is 0.263. The third-order valence-electron chi connectivity index (χ3n) is 3.16. The van der Waals surface area contributed by atoms with Crippen molar-refractivity contribution in [2.75, 3.05) is 18.6 Å². The molecule has 0 saturated heterocycles. The summed E-state index contributed by atoms with van der Waals surface area (Å²) >= 11 is 3.49. The maximum absolute atomic E-state index is 11.2. The zero-order valence-electron chi connectivity index (χ0n) is 12.4. The van der Waals surface area contributed by atoms with Crippen LogP contribution in [0.1, 0.15) is 38.2 Å². The highest BCUT2D eigenvalue weighted by atomic mass is 79.9. The summed E-state index contributed by atoms with van der Waals surface area (Å²) in [6, 6.07) is 8.69. The molecule has 1 aromatic rings. The molecule has 0 heterocycles. The molecule has 20 heavy (non-hydrogen) atoms. The van der Waals surface area contributed by atoms with E-state index in [9.17, 15) is 8.42 Å². The lowest BCUT2D eigenvalue weighted by molar-refractivity contribution is 0.503. The Hall–Kier alpha value is -0.390. The van der Waals surface area contributed by atoms with Gasteiger partial charge >= 0.3 is 0 Å². The largest absolute Gasteiger partial charge is 0.314 e. The van der Waals surface area contributed by atoms with Gasteiger partial charge in [-0.2, -0.15) is 0 Å². The first-order chi connectivity index (χ1) is 9.28. The standard InChI is InChI=1S/C15H24BrNO2S/c1-12(2)17-11-14(7-5-9-20(3,18)19)13-6-4-8-15(16)10-13/h4,6,8,10,12,14,17H,5,7,9,11H2,1-3H3. The Labute approximate surface area is 131 Å². The third kappa shape index (κ3) is 7.41. The topological polar surface area (TPSA) is 46.2 Å². The van der Waals surface area contributed by atoms with Crippen molar-refractivity contribution >= 4 is 25.8 Å². The van der Waals surface area contributed by atoms with Gasteiger partial charge in [0.2, 0.25) is 0 Å². The van der Waals surface area contributed by atoms with E-state index < -0.39 is 9.84 Å². The average molecular weight is 362 g/mol. The van der Waals surface area contributed by atoms with Gasteiger partial charge in [0, 0.05) is 29.1 Å². The average Bonchev–Trinajstić information content (AvgIpc) is 2.31. The van der Waals surface area contributed by atoms with Gasteiger partial charge < -0.3 is 5.32 Å². The van der Waals surface area contributed by atoms with Gasteiger partial charge in [0.25, 0.3) is 0 Å². The van der Waals surface area contributed by atoms with E-state index in [0.717, 1.165) is 17.4 Å². The van der Waals surface area contributed by atoms with Crippen molar-refractivity contribution in [1.29, 1.82) is 0 Å². The van der Waals surface area contributed by atoms with E-state index >= 15 is 0 Å². The smallest absolute Gasteiger partial charge is 0.147 e. The van der Waals surface area contributed by atoms with Gasteiger partial charge in [0.05, 0.1) is 0 Å². The van der Waals surface area contributed by atoms with Gasteiger partial charge in [-0.05, 0) is 36.5 Å². The first-order valence-electron chi connectivity index (χ1n) is 6.94. The zero-order valence-corrected chi connectivity index (χ0v) is 14.8. The number of sulfone groups is 1. The van der Waals surface area contributed by atoms with Crippen molar-refractivity contribution < 1.29 is 8.42 Å². The molecular weight excluding hydrogens is 338 g/mol. The molecule has 3 nitrogen and oxygen atoms in total. The summed E-state index contributed by atoms with van der Waals surface area (Å²) in [6.45, 7) is 5.11. The predicted molar refractivity (Wildman–Crippen MR) is 89.0 cm³/mol. The Morgan fingerprint density at radius 3 is 2.55 bits per heavy atom. The second-order valence-electron chi connectivity index (χ2n) is 5.59. The molecule has 5 heteroatoms. The lowest BCUT2D eigenvalue weighted by Crippen LogP contribution is -2.28. The Bertz CT molecular complexity index is 514. The van der Waals surface area contributed by atoms with E-state index in [1.165, 1.54) is 11.8 Å². The number of halogens is 1. The molecule has 0 spiro atoms. The van der Waals surface area contributed by atoms with Crippen LogP contribution in [0.15, 0.2) is 28.7 Å². The van der Waals surface area contributed by atoms with Crippen molar-refractivity contribution in [3.05, 3.63) is 34.3 Å². The molecule has 114 valence electrons. The molecule has 1 unspecified atom stereocenters. The van der Waals surface area contributed by atoms with Crippen LogP contribution in [0, 0.1) is 0 Å². The van der Waals surface area contributed by atoms with Gasteiger partial charge in [-0.15, -0.1) is 0 Å². The van der Waals surface area contributed by atoms with Crippen LogP contribution in [0.5, 0.6) is 0 Å². The van der Waals surface area contributed by atoms with E-state index in [4.69, 9.17) is 0 Å². The molecule has 0 aliphatic heterocycles. The second kappa shape index (κ2) is 8.15. The molecule has 0 amide bonds. The number of hydrogen-bond acceptors (Lipinski definition) is 3. The third-order valence-corrected chi connectivity index (χ3v) is 4.68. The minimum atomic E-state index is -2.87. The van der Waals surface area contributed by atoms with Crippen LogP contribution in [0.2, 0.25) is 0 Å². The second-order valence-corrected chi connectivity index (χ2v) is 8.76. The van der Waals surface area contributed by atoms with Gasteiger partial charge in [0.15, 0.2) is 0 Å². The Kier molecular flexibility index (Phi) is 7.20. The van der Waals surface area contributed by atoms with Crippen LogP contribution in [0.3, 0.4) is 0 Å². The molecule has 1 N–H and O–H groups in total. The van der Waals surface area contributed by atoms with Crippen molar-refractivity contribution in [2.24, 2.45) is 0 Å². The fourth-order valence-corrected chi connectivity index (χ4v) is 3.22. The first-order valence-corrected chi connectivity index (χ1v) is 9.80. The van der Waals surface area contributed by atoms with Crippen molar-refractivity contribution in [2.45, 2.75) is 38.6 Å². The summed E-state index contributed by atoms with van der Waals surface area (Å²) in [7, 11) is -2.87. The highest BCUT2D eigenvalue weighted by Crippen LogP contribution is 2.24. The van der Waals surface area contributed by atoms with Crippen LogP contribution in [-0.4, -0.2) is 33.0 Å². The summed E-state index contributed by atoms with van der Waals surface area (Å²) in [5.74, 6) is 0.607. The highest BCUT2D eigenvalue weighted by Gasteiger charge is 2.13. The maximum atomic E-state index is 11.2. The number of hydrogen-bond donors (Lipinski definition) is 1. The van der Waals surface area contributed by atoms with E-state index in [2.05, 4.69) is 47.2 Å². The number of nitrogens with one attached hydrogen (secondary N) is 1. The lowest BCUT2D eigenvalue weighted by atomic mass is 9.94. The molecule has 1 aromatic carbocycles. The molecule has 1 atom stereocenters. The normalized spacial score (nSPS) is 13.7. The van der Waals surface area contributed by atoms with Gasteiger partial charge in [0.1, 0.15) is 9.84 Å². The molecule has 0 bridgehead atoms. The lowest BCUT2D eigenvalue weighted by Gasteiger charge is -2.20. The number of rotatable bonds is 8. The van der Waals surface area contributed by atoms with Crippen LogP contribution in [0.4, 0.5) is 0 Å². The number of benzene rings is 1. The van der Waals surface area contributed by atoms with E-state index in [-0.39, 0.29) is 5.75 Å². The van der Waals surface area contributed by atoms with E-state index in [0.29, 0.717) is 18.4 Å². The van der Waals surface area contributed by atoms with E-state index in [1.54, 1.807) is 0 Å². The van der Waals surface area contributed by atoms with Gasteiger partial charge in [-0.3, -0.25) is 0 Å². The molecule has 0 aliphatic rings. The summed E-state index contributed by atoms with van der Waals surface area (Å²) in [4.78, 5) is 0. The molecular formula is C15H24BrNO2S. The highest BCUT2D eigenvalue weighted by molar-refractivity contribution is 9.10. The molecule has 0 aromatic heterocycles. The first kappa shape index (κ1) is 17.7. The Morgan fingerprint density at radius 1 is 1.30 bits per heavy atom. The fraction of sp³-hybridized carbons (Fsp3) is 0.600. The molecule has 0 aliphatic carbocycles. The Morgan fingerprint density at radius 2 is 2.00 bits per heavy atom. The predicted octanol–water partition coefficient (Wildman–Crippen LogP) is 3.36. The van der Waals surface area contributed by atoms with E-state index in [1.807, 2.05) is 12.1 Å². The van der Waals surface area contributed by atoms with Crippen molar-refractivity contribution in [1.82, 2.24) is 5.32 Å². The maximum Gasteiger partial charge on any atom is 0.147 e. The summed E-state index contributed by atoms with van der Waals surface area (Å²) in [6.07, 6.45) is 2.88. The fourth-order valence-electron chi connectivity index (χ4n) is 2.12. The molecule has 0 fully saturated rings. The van der Waals surface area contributed by atoms with Gasteiger partial charge in [-0.1, -0.05) is 41.9 Å². The van der Waals surface area contributed by atoms with Crippen LogP contribution in [0.25, 0.3) is 0 Å². The zero-order chi connectivity index (χ0) is 15.2. The van der Waals surface area contributed by atoms with Crippen molar-refractivity contribution in [3.8, 4) is 0 Å². The summed E-state index contributed by atoms with van der Waals surface area (Å²) in [5, 5.41) is 3.45. The molecule has 0 radical (unpaired) electrons. The molecule has 0 saturated carbocycles. The SMILES string of the molecule is CC(C)NCC(CCCS(C)(=O)=O)c1cccc(Br)c1. The quantitative estimate of drug-likeness (QED) is 0.771. The van der Waals surface area contributed by atoms with Crippen LogP contribution in [-0.2, 0) is 9.84 Å². The van der Waals surface area contributed by atoms with Gasteiger partial charge in [-0.25, -0.2) is 8.42 Å². The Balaban J connectivity index is 2.69. The minimum Gasteiger partial charge on any atom is -0.314 e. The summed E-state index contributed by atoms with van der Waals surface area (Å²) < 4.78 is 23.6. The monoisotopic (exact) mass is 361 g/mol. The van der Waals surface area contributed by atoms with Crippen LogP contribution >= 0.6 is 15.9 Å². The summed E-state index contributed by atoms with van der Waals surface area (Å²) in [5.41, 5.74) is 1.25. The van der Waals surface area contributed by atoms with Crippen LogP contribution < -0.4 is 5.32 Å².